The second kappa shape index (κ2) is 8.53. The largest absolute Gasteiger partial charge is 0.337 e. The van der Waals surface area contributed by atoms with Crippen molar-refractivity contribution < 1.29 is 4.79 Å². The Kier molecular flexibility index (Phi) is 6.08. The summed E-state index contributed by atoms with van der Waals surface area (Å²) >= 11 is 0. The molecule has 1 N–H and O–H groups in total. The van der Waals surface area contributed by atoms with E-state index in [2.05, 4.69) is 52.0 Å². The van der Waals surface area contributed by atoms with Gasteiger partial charge in [-0.15, -0.1) is 5.10 Å². The van der Waals surface area contributed by atoms with Crippen molar-refractivity contribution in [2.24, 2.45) is 0 Å². The van der Waals surface area contributed by atoms with Gasteiger partial charge in [-0.2, -0.15) is 4.68 Å². The molecule has 0 saturated heterocycles. The minimum absolute atomic E-state index is 0.0896. The number of amides is 1. The van der Waals surface area contributed by atoms with Crippen molar-refractivity contribution in [1.82, 2.24) is 30.4 Å². The van der Waals surface area contributed by atoms with Crippen LogP contribution in [0.5, 0.6) is 0 Å². The molecule has 0 aliphatic carbocycles. The van der Waals surface area contributed by atoms with Gasteiger partial charge in [0.15, 0.2) is 5.82 Å². The molecule has 0 radical (unpaired) electrons. The SMILES string of the molecule is Cc1ccc(-c2cc(C(=O)NC(C)N(C)C)cc(-n3nnnc3C(C)C)c2)cc1. The fraction of sp³-hybridized carbons (Fsp3) is 0.364. The van der Waals surface area contributed by atoms with E-state index in [0.717, 1.165) is 22.6 Å². The smallest absolute Gasteiger partial charge is 0.252 e. The van der Waals surface area contributed by atoms with E-state index in [1.807, 2.05) is 58.0 Å². The molecule has 1 atom stereocenters. The Labute approximate surface area is 171 Å². The first-order valence-corrected chi connectivity index (χ1v) is 9.74. The third-order valence-corrected chi connectivity index (χ3v) is 4.93. The third-order valence-electron chi connectivity index (χ3n) is 4.93. The van der Waals surface area contributed by atoms with Crippen LogP contribution in [0.15, 0.2) is 42.5 Å². The van der Waals surface area contributed by atoms with Crippen molar-refractivity contribution >= 4 is 5.91 Å². The summed E-state index contributed by atoms with van der Waals surface area (Å²) in [7, 11) is 3.85. The lowest BCUT2D eigenvalue weighted by molar-refractivity contribution is 0.0900. The van der Waals surface area contributed by atoms with Crippen LogP contribution in [-0.2, 0) is 0 Å². The van der Waals surface area contributed by atoms with Crippen molar-refractivity contribution in [3.05, 3.63) is 59.4 Å². The number of rotatable bonds is 6. The Morgan fingerprint density at radius 1 is 1.03 bits per heavy atom. The van der Waals surface area contributed by atoms with Crippen molar-refractivity contribution in [3.63, 3.8) is 0 Å². The molecule has 0 fully saturated rings. The number of nitrogens with one attached hydrogen (secondary N) is 1. The van der Waals surface area contributed by atoms with Crippen molar-refractivity contribution in [2.45, 2.75) is 39.8 Å². The van der Waals surface area contributed by atoms with Gasteiger partial charge in [0.2, 0.25) is 0 Å². The van der Waals surface area contributed by atoms with Crippen LogP contribution in [-0.4, -0.2) is 51.3 Å². The molecule has 1 unspecified atom stereocenters. The zero-order valence-electron chi connectivity index (χ0n) is 17.8. The summed E-state index contributed by atoms with van der Waals surface area (Å²) < 4.78 is 1.70. The van der Waals surface area contributed by atoms with E-state index in [4.69, 9.17) is 0 Å². The second-order valence-corrected chi connectivity index (χ2v) is 7.85. The van der Waals surface area contributed by atoms with Crippen LogP contribution < -0.4 is 5.32 Å². The summed E-state index contributed by atoms with van der Waals surface area (Å²) in [6, 6.07) is 14.0. The fourth-order valence-electron chi connectivity index (χ4n) is 2.92. The van der Waals surface area contributed by atoms with E-state index in [9.17, 15) is 4.79 Å². The number of nitrogens with zero attached hydrogens (tertiary/aromatic N) is 5. The normalized spacial score (nSPS) is 12.4. The van der Waals surface area contributed by atoms with E-state index in [1.54, 1.807) is 4.68 Å². The van der Waals surface area contributed by atoms with E-state index in [0.29, 0.717) is 5.56 Å². The third kappa shape index (κ3) is 4.68. The maximum Gasteiger partial charge on any atom is 0.252 e. The highest BCUT2D eigenvalue weighted by Gasteiger charge is 2.17. The standard InChI is InChI=1S/C22H28N6O/c1-14(2)21-24-25-26-28(21)20-12-18(17-9-7-15(3)8-10-17)11-19(13-20)22(29)23-16(4)27(5)6/h7-14,16H,1-6H3,(H,23,29). The van der Waals surface area contributed by atoms with Gasteiger partial charge in [0.1, 0.15) is 0 Å². The van der Waals surface area contributed by atoms with E-state index < -0.39 is 0 Å². The molecule has 29 heavy (non-hydrogen) atoms. The second-order valence-electron chi connectivity index (χ2n) is 7.85. The average Bonchev–Trinajstić information content (AvgIpc) is 3.18. The minimum atomic E-state index is -0.138. The van der Waals surface area contributed by atoms with Gasteiger partial charge >= 0.3 is 0 Å². The highest BCUT2D eigenvalue weighted by molar-refractivity contribution is 5.96. The zero-order valence-corrected chi connectivity index (χ0v) is 17.8. The maximum absolute atomic E-state index is 12.9. The number of aromatic nitrogens is 4. The molecule has 7 nitrogen and oxygen atoms in total. The number of hydrogen-bond donors (Lipinski definition) is 1. The fourth-order valence-corrected chi connectivity index (χ4v) is 2.92. The maximum atomic E-state index is 12.9. The lowest BCUT2D eigenvalue weighted by atomic mass is 10.0. The molecule has 152 valence electrons. The van der Waals surface area contributed by atoms with Crippen LogP contribution in [0, 0.1) is 6.92 Å². The van der Waals surface area contributed by atoms with Gasteiger partial charge in [0.25, 0.3) is 5.91 Å². The van der Waals surface area contributed by atoms with Gasteiger partial charge < -0.3 is 5.32 Å². The molecule has 1 heterocycles. The first-order chi connectivity index (χ1) is 13.8. The summed E-state index contributed by atoms with van der Waals surface area (Å²) in [4.78, 5) is 14.9. The number of tetrazole rings is 1. The lowest BCUT2D eigenvalue weighted by Crippen LogP contribution is -2.42. The zero-order chi connectivity index (χ0) is 21.1. The minimum Gasteiger partial charge on any atom is -0.337 e. The van der Waals surface area contributed by atoms with Crippen LogP contribution in [0.2, 0.25) is 0 Å². The van der Waals surface area contributed by atoms with Crippen molar-refractivity contribution in [2.75, 3.05) is 14.1 Å². The predicted molar refractivity (Wildman–Crippen MR) is 114 cm³/mol. The highest BCUT2D eigenvalue weighted by Crippen LogP contribution is 2.26. The summed E-state index contributed by atoms with van der Waals surface area (Å²) in [5.74, 6) is 0.763. The lowest BCUT2D eigenvalue weighted by Gasteiger charge is -2.21. The van der Waals surface area contributed by atoms with Crippen LogP contribution in [0.1, 0.15) is 48.4 Å². The summed E-state index contributed by atoms with van der Waals surface area (Å²) in [5.41, 5.74) is 4.49. The molecule has 0 spiro atoms. The van der Waals surface area contributed by atoms with Gasteiger partial charge in [-0.1, -0.05) is 43.7 Å². The van der Waals surface area contributed by atoms with Crippen LogP contribution >= 0.6 is 0 Å². The molecule has 2 aromatic carbocycles. The molecule has 0 aliphatic rings. The van der Waals surface area contributed by atoms with E-state index >= 15 is 0 Å². The van der Waals surface area contributed by atoms with E-state index in [1.165, 1.54) is 5.56 Å². The van der Waals surface area contributed by atoms with Gasteiger partial charge in [-0.3, -0.25) is 9.69 Å². The summed E-state index contributed by atoms with van der Waals surface area (Å²) in [6.45, 7) is 8.08. The summed E-state index contributed by atoms with van der Waals surface area (Å²) in [5, 5.41) is 15.2. The van der Waals surface area contributed by atoms with Gasteiger partial charge in [0.05, 0.1) is 11.9 Å². The van der Waals surface area contributed by atoms with E-state index in [-0.39, 0.29) is 18.0 Å². The number of benzene rings is 2. The van der Waals surface area contributed by atoms with Gasteiger partial charge in [-0.25, -0.2) is 0 Å². The first kappa shape index (κ1) is 20.7. The van der Waals surface area contributed by atoms with Crippen LogP contribution in [0.4, 0.5) is 0 Å². The van der Waals surface area contributed by atoms with Crippen molar-refractivity contribution in [1.29, 1.82) is 0 Å². The predicted octanol–water partition coefficient (Wildman–Crippen LogP) is 3.40. The highest BCUT2D eigenvalue weighted by atomic mass is 16.1. The summed E-state index contributed by atoms with van der Waals surface area (Å²) in [6.07, 6.45) is -0.0896. The number of hydrogen-bond acceptors (Lipinski definition) is 5. The molecule has 3 rings (SSSR count). The molecular formula is C22H28N6O. The molecule has 3 aromatic rings. The Morgan fingerprint density at radius 2 is 1.72 bits per heavy atom. The Morgan fingerprint density at radius 3 is 2.34 bits per heavy atom. The molecule has 1 aromatic heterocycles. The quantitative estimate of drug-likeness (QED) is 0.651. The Bertz CT molecular complexity index is 991. The first-order valence-electron chi connectivity index (χ1n) is 9.74. The topological polar surface area (TPSA) is 75.9 Å². The van der Waals surface area contributed by atoms with Crippen LogP contribution in [0.3, 0.4) is 0 Å². The molecule has 0 aliphatic heterocycles. The monoisotopic (exact) mass is 392 g/mol. The molecule has 0 bridgehead atoms. The van der Waals surface area contributed by atoms with Gasteiger partial charge in [-0.05, 0) is 67.7 Å². The number of carbonyl (C=O) groups is 1. The molecule has 0 saturated carbocycles. The van der Waals surface area contributed by atoms with Crippen molar-refractivity contribution in [3.8, 4) is 16.8 Å². The molecule has 7 heteroatoms. The van der Waals surface area contributed by atoms with Gasteiger partial charge in [0, 0.05) is 11.5 Å². The molecular weight excluding hydrogens is 364 g/mol. The Hall–Kier alpha value is -3.06. The number of carbonyl (C=O) groups excluding carboxylic acids is 1. The van der Waals surface area contributed by atoms with Crippen LogP contribution in [0.25, 0.3) is 16.8 Å². The molecule has 1 amide bonds. The number of aryl methyl sites for hydroxylation is 1. The average molecular weight is 393 g/mol. The Balaban J connectivity index is 2.10.